The van der Waals surface area contributed by atoms with Gasteiger partial charge in [-0.2, -0.15) is 0 Å². The second-order valence-corrected chi connectivity index (χ2v) is 10.0. The Labute approximate surface area is 213 Å². The summed E-state index contributed by atoms with van der Waals surface area (Å²) in [6.07, 6.45) is 3.30. The first-order valence-electron chi connectivity index (χ1n) is 12.4. The third-order valence-corrected chi connectivity index (χ3v) is 6.74. The van der Waals surface area contributed by atoms with Crippen LogP contribution in [-0.2, 0) is 33.3 Å². The molecular weight excluding hydrogens is 468 g/mol. The van der Waals surface area contributed by atoms with Crippen LogP contribution >= 0.6 is 0 Å². The molecule has 9 heteroatoms. The maximum atomic E-state index is 12.6. The largest absolute Gasteiger partial charge is 0.461 e. The number of aliphatic hydroxyl groups is 2. The molecule has 6 atom stereocenters. The SMILES string of the molecule is C=C(COC(C)=O)C1CC(OC(=O)C=C(C)C)C(COC(=O)C(C)C(C)O)=CCCC2(CO)OC2C1. The Kier molecular flexibility index (Phi) is 10.9. The van der Waals surface area contributed by atoms with Crippen LogP contribution in [0, 0.1) is 11.8 Å². The summed E-state index contributed by atoms with van der Waals surface area (Å²) in [6.45, 7) is 11.8. The Bertz CT molecular complexity index is 884. The van der Waals surface area contributed by atoms with Crippen molar-refractivity contribution in [3.8, 4) is 0 Å². The second kappa shape index (κ2) is 13.2. The Balaban J connectivity index is 2.36. The minimum Gasteiger partial charge on any atom is -0.461 e. The van der Waals surface area contributed by atoms with Crippen molar-refractivity contribution >= 4 is 17.9 Å². The maximum Gasteiger partial charge on any atom is 0.331 e. The van der Waals surface area contributed by atoms with Gasteiger partial charge in [0.05, 0.1) is 24.7 Å². The van der Waals surface area contributed by atoms with Gasteiger partial charge in [0, 0.05) is 18.6 Å². The van der Waals surface area contributed by atoms with Crippen molar-refractivity contribution in [2.75, 3.05) is 19.8 Å². The Morgan fingerprint density at radius 3 is 2.50 bits per heavy atom. The van der Waals surface area contributed by atoms with Crippen molar-refractivity contribution in [1.82, 2.24) is 0 Å². The van der Waals surface area contributed by atoms with Crippen LogP contribution in [-0.4, -0.2) is 71.9 Å². The van der Waals surface area contributed by atoms with Crippen molar-refractivity contribution in [3.63, 3.8) is 0 Å². The molecule has 6 unspecified atom stereocenters. The summed E-state index contributed by atoms with van der Waals surface area (Å²) in [5.41, 5.74) is 1.34. The molecule has 1 heterocycles. The predicted octanol–water partition coefficient (Wildman–Crippen LogP) is 2.79. The van der Waals surface area contributed by atoms with Crippen molar-refractivity contribution in [2.45, 2.75) is 84.2 Å². The average Bonchev–Trinajstić information content (AvgIpc) is 3.49. The number of aliphatic hydroxyl groups excluding tert-OH is 2. The Hall–Kier alpha value is -2.49. The van der Waals surface area contributed by atoms with Crippen LogP contribution < -0.4 is 0 Å². The van der Waals surface area contributed by atoms with E-state index in [1.165, 1.54) is 19.9 Å². The van der Waals surface area contributed by atoms with E-state index < -0.39 is 41.6 Å². The lowest BCUT2D eigenvalue weighted by molar-refractivity contribution is -0.151. The zero-order valence-electron chi connectivity index (χ0n) is 22.0. The summed E-state index contributed by atoms with van der Waals surface area (Å²) < 4.78 is 22.4. The third kappa shape index (κ3) is 8.57. The zero-order chi connectivity index (χ0) is 27.0. The van der Waals surface area contributed by atoms with Gasteiger partial charge in [-0.15, -0.1) is 0 Å². The number of esters is 3. The molecule has 36 heavy (non-hydrogen) atoms. The molecule has 1 fully saturated rings. The van der Waals surface area contributed by atoms with Gasteiger partial charge in [0.25, 0.3) is 0 Å². The number of epoxide rings is 1. The monoisotopic (exact) mass is 508 g/mol. The fraction of sp³-hybridized carbons (Fsp3) is 0.667. The number of rotatable bonds is 10. The van der Waals surface area contributed by atoms with Crippen molar-refractivity contribution in [1.29, 1.82) is 0 Å². The van der Waals surface area contributed by atoms with Gasteiger partial charge in [-0.1, -0.05) is 18.2 Å². The standard InChI is InChI=1S/C27H40O9/c1-16(2)10-25(31)35-23-11-22(17(3)13-33-20(6)30)12-24-27(15-28,36-24)9-7-8-21(23)14-34-26(32)18(4)19(5)29/h8,10,18-19,22-24,28-29H,3,7,9,11-15H2,1-2,4-6H3. The van der Waals surface area contributed by atoms with Gasteiger partial charge < -0.3 is 29.2 Å². The number of ether oxygens (including phenoxy) is 4. The maximum absolute atomic E-state index is 12.6. The summed E-state index contributed by atoms with van der Waals surface area (Å²) in [4.78, 5) is 36.4. The van der Waals surface area contributed by atoms with Crippen LogP contribution in [0.4, 0.5) is 0 Å². The summed E-state index contributed by atoms with van der Waals surface area (Å²) >= 11 is 0. The Morgan fingerprint density at radius 1 is 1.22 bits per heavy atom. The normalized spacial score (nSPS) is 27.3. The van der Waals surface area contributed by atoms with Gasteiger partial charge in [-0.3, -0.25) is 9.59 Å². The van der Waals surface area contributed by atoms with E-state index in [0.29, 0.717) is 36.8 Å². The predicted molar refractivity (Wildman–Crippen MR) is 132 cm³/mol. The number of hydrogen-bond donors (Lipinski definition) is 2. The summed E-state index contributed by atoms with van der Waals surface area (Å²) in [5.74, 6) is -2.50. The molecule has 2 rings (SSSR count). The molecule has 1 saturated heterocycles. The molecule has 0 aromatic heterocycles. The van der Waals surface area contributed by atoms with Crippen LogP contribution in [0.25, 0.3) is 0 Å². The highest BCUT2D eigenvalue weighted by Gasteiger charge is 2.56. The van der Waals surface area contributed by atoms with Gasteiger partial charge >= 0.3 is 17.9 Å². The van der Waals surface area contributed by atoms with Gasteiger partial charge in [-0.05, 0) is 64.9 Å². The molecule has 0 amide bonds. The summed E-state index contributed by atoms with van der Waals surface area (Å²) in [5, 5.41) is 19.7. The number of allylic oxidation sites excluding steroid dienone is 2. The molecule has 2 aliphatic rings. The number of carbonyl (C=O) groups is 3. The lowest BCUT2D eigenvalue weighted by atomic mass is 9.83. The van der Waals surface area contributed by atoms with Gasteiger partial charge in [0.1, 0.15) is 24.9 Å². The first-order chi connectivity index (χ1) is 16.9. The second-order valence-electron chi connectivity index (χ2n) is 10.0. The Morgan fingerprint density at radius 2 is 1.92 bits per heavy atom. The van der Waals surface area contributed by atoms with Crippen molar-refractivity contribution < 1.29 is 43.5 Å². The summed E-state index contributed by atoms with van der Waals surface area (Å²) in [7, 11) is 0. The van der Waals surface area contributed by atoms with E-state index >= 15 is 0 Å². The number of hydrogen-bond acceptors (Lipinski definition) is 9. The van der Waals surface area contributed by atoms with Crippen molar-refractivity contribution in [3.05, 3.63) is 35.5 Å². The molecule has 1 aliphatic heterocycles. The van der Waals surface area contributed by atoms with E-state index in [1.807, 2.05) is 6.08 Å². The quantitative estimate of drug-likeness (QED) is 0.150. The number of fused-ring (bicyclic) bond motifs is 1. The molecule has 1 aliphatic carbocycles. The third-order valence-electron chi connectivity index (χ3n) is 6.74. The van der Waals surface area contributed by atoms with Crippen LogP contribution in [0.2, 0.25) is 0 Å². The fourth-order valence-electron chi connectivity index (χ4n) is 4.16. The average molecular weight is 509 g/mol. The first kappa shape index (κ1) is 29.7. The highest BCUT2D eigenvalue weighted by molar-refractivity contribution is 5.83. The fourth-order valence-corrected chi connectivity index (χ4v) is 4.16. The van der Waals surface area contributed by atoms with Crippen LogP contribution in [0.1, 0.15) is 60.3 Å². The van der Waals surface area contributed by atoms with E-state index in [2.05, 4.69) is 6.58 Å². The van der Waals surface area contributed by atoms with Gasteiger partial charge in [0.2, 0.25) is 0 Å². The molecule has 0 aromatic rings. The molecule has 202 valence electrons. The molecule has 0 saturated carbocycles. The molecule has 0 bridgehead atoms. The molecule has 0 spiro atoms. The van der Waals surface area contributed by atoms with E-state index in [1.54, 1.807) is 20.8 Å². The van der Waals surface area contributed by atoms with E-state index in [-0.39, 0.29) is 31.8 Å². The van der Waals surface area contributed by atoms with E-state index in [4.69, 9.17) is 18.9 Å². The molecule has 9 nitrogen and oxygen atoms in total. The van der Waals surface area contributed by atoms with Crippen LogP contribution in [0.3, 0.4) is 0 Å². The minimum atomic E-state index is -0.871. The zero-order valence-corrected chi connectivity index (χ0v) is 22.0. The smallest absolute Gasteiger partial charge is 0.331 e. The van der Waals surface area contributed by atoms with Gasteiger partial charge in [-0.25, -0.2) is 4.79 Å². The topological polar surface area (TPSA) is 132 Å². The molecule has 0 aromatic carbocycles. The van der Waals surface area contributed by atoms with Gasteiger partial charge in [0.15, 0.2) is 0 Å². The lowest BCUT2D eigenvalue weighted by Crippen LogP contribution is -2.31. The highest BCUT2D eigenvalue weighted by Crippen LogP contribution is 2.46. The first-order valence-corrected chi connectivity index (χ1v) is 12.4. The summed E-state index contributed by atoms with van der Waals surface area (Å²) in [6, 6.07) is 0. The number of carbonyl (C=O) groups excluding carboxylic acids is 3. The van der Waals surface area contributed by atoms with E-state index in [9.17, 15) is 24.6 Å². The van der Waals surface area contributed by atoms with Crippen LogP contribution in [0.15, 0.2) is 35.5 Å². The lowest BCUT2D eigenvalue weighted by Gasteiger charge is -2.28. The molecular formula is C27H40O9. The van der Waals surface area contributed by atoms with Crippen LogP contribution in [0.5, 0.6) is 0 Å². The molecule has 2 N–H and O–H groups in total. The van der Waals surface area contributed by atoms with E-state index in [0.717, 1.165) is 5.57 Å². The van der Waals surface area contributed by atoms with Crippen molar-refractivity contribution in [2.24, 2.45) is 11.8 Å². The highest BCUT2D eigenvalue weighted by atomic mass is 16.6. The minimum absolute atomic E-state index is 0.00736. The molecule has 0 radical (unpaired) electrons.